The number of para-hydroxylation sites is 2. The molecule has 1 aromatic carbocycles. The van der Waals surface area contributed by atoms with Crippen LogP contribution < -0.4 is 10.6 Å². The number of nitro groups is 1. The Kier molecular flexibility index (Phi) is 5.07. The van der Waals surface area contributed by atoms with Crippen LogP contribution >= 0.6 is 22.9 Å². The van der Waals surface area contributed by atoms with Crippen LogP contribution in [0.1, 0.15) is 9.67 Å². The molecule has 1 aromatic heterocycles. The van der Waals surface area contributed by atoms with Crippen molar-refractivity contribution in [3.63, 3.8) is 0 Å². The van der Waals surface area contributed by atoms with Crippen LogP contribution in [-0.4, -0.2) is 28.9 Å². The van der Waals surface area contributed by atoms with Gasteiger partial charge in [-0.25, -0.2) is 4.98 Å². The third-order valence-corrected chi connectivity index (χ3v) is 3.78. The van der Waals surface area contributed by atoms with Crippen molar-refractivity contribution >= 4 is 40.2 Å². The quantitative estimate of drug-likeness (QED) is 0.483. The standard InChI is InChI=1S/C12H11ClN4O3S/c13-11-10(21-7-16-11)12(18)15-6-5-14-8-3-1-2-4-9(8)17(19)20/h1-4,7,14H,5-6H2,(H,15,18). The van der Waals surface area contributed by atoms with Gasteiger partial charge < -0.3 is 10.6 Å². The Labute approximate surface area is 129 Å². The van der Waals surface area contributed by atoms with E-state index in [0.29, 0.717) is 23.7 Å². The minimum atomic E-state index is -0.460. The average molecular weight is 327 g/mol. The van der Waals surface area contributed by atoms with E-state index in [1.807, 2.05) is 0 Å². The smallest absolute Gasteiger partial charge is 0.292 e. The highest BCUT2D eigenvalue weighted by molar-refractivity contribution is 7.12. The highest BCUT2D eigenvalue weighted by atomic mass is 35.5. The van der Waals surface area contributed by atoms with E-state index in [1.54, 1.807) is 18.2 Å². The molecule has 0 aliphatic heterocycles. The molecule has 0 saturated heterocycles. The molecule has 7 nitrogen and oxygen atoms in total. The number of rotatable bonds is 6. The van der Waals surface area contributed by atoms with Gasteiger partial charge in [0.25, 0.3) is 11.6 Å². The summed E-state index contributed by atoms with van der Waals surface area (Å²) in [6.07, 6.45) is 0. The Morgan fingerprint density at radius 3 is 2.81 bits per heavy atom. The molecule has 110 valence electrons. The molecule has 9 heteroatoms. The van der Waals surface area contributed by atoms with Crippen molar-refractivity contribution in [3.8, 4) is 0 Å². The van der Waals surface area contributed by atoms with Gasteiger partial charge in [-0.2, -0.15) is 0 Å². The van der Waals surface area contributed by atoms with E-state index in [-0.39, 0.29) is 16.7 Å². The molecule has 0 aliphatic rings. The lowest BCUT2D eigenvalue weighted by atomic mass is 10.2. The SMILES string of the molecule is O=C(NCCNc1ccccc1[N+](=O)[O-])c1scnc1Cl. The number of halogens is 1. The molecule has 0 saturated carbocycles. The minimum absolute atomic E-state index is 0.00525. The molecular formula is C12H11ClN4O3S. The second kappa shape index (κ2) is 7.00. The zero-order valence-corrected chi connectivity index (χ0v) is 12.3. The number of anilines is 1. The van der Waals surface area contributed by atoms with E-state index < -0.39 is 4.92 Å². The molecule has 0 aliphatic carbocycles. The largest absolute Gasteiger partial charge is 0.378 e. The predicted octanol–water partition coefficient (Wildman–Crippen LogP) is 2.55. The first-order valence-electron chi connectivity index (χ1n) is 5.94. The summed E-state index contributed by atoms with van der Waals surface area (Å²) < 4.78 is 0. The summed E-state index contributed by atoms with van der Waals surface area (Å²) in [5.74, 6) is -0.313. The lowest BCUT2D eigenvalue weighted by Gasteiger charge is -2.07. The van der Waals surface area contributed by atoms with Crippen molar-refractivity contribution in [3.05, 3.63) is 49.9 Å². The maximum atomic E-state index is 11.8. The normalized spacial score (nSPS) is 10.1. The van der Waals surface area contributed by atoms with E-state index in [4.69, 9.17) is 11.6 Å². The number of aromatic nitrogens is 1. The fourth-order valence-corrected chi connectivity index (χ4v) is 2.53. The van der Waals surface area contributed by atoms with Crippen LogP contribution in [0, 0.1) is 10.1 Å². The highest BCUT2D eigenvalue weighted by Gasteiger charge is 2.13. The second-order valence-corrected chi connectivity index (χ2v) is 5.14. The molecular weight excluding hydrogens is 316 g/mol. The Bertz CT molecular complexity index is 661. The number of hydrogen-bond donors (Lipinski definition) is 2. The number of amides is 1. The molecule has 2 aromatic rings. The molecule has 2 N–H and O–H groups in total. The van der Waals surface area contributed by atoms with Gasteiger partial charge in [0.1, 0.15) is 10.6 Å². The van der Waals surface area contributed by atoms with Crippen LogP contribution in [0.25, 0.3) is 0 Å². The maximum Gasteiger partial charge on any atom is 0.292 e. The molecule has 21 heavy (non-hydrogen) atoms. The van der Waals surface area contributed by atoms with Crippen LogP contribution in [0.2, 0.25) is 5.15 Å². The Balaban J connectivity index is 1.84. The zero-order chi connectivity index (χ0) is 15.2. The Hall–Kier alpha value is -2.19. The summed E-state index contributed by atoms with van der Waals surface area (Å²) >= 11 is 6.90. The van der Waals surface area contributed by atoms with Gasteiger partial charge in [-0.15, -0.1) is 11.3 Å². The molecule has 0 atom stereocenters. The van der Waals surface area contributed by atoms with Crippen molar-refractivity contribution in [1.82, 2.24) is 10.3 Å². The molecule has 0 unspecified atom stereocenters. The molecule has 1 heterocycles. The second-order valence-electron chi connectivity index (χ2n) is 3.93. The van der Waals surface area contributed by atoms with Gasteiger partial charge in [0.05, 0.1) is 10.4 Å². The van der Waals surface area contributed by atoms with Crippen molar-refractivity contribution in [2.45, 2.75) is 0 Å². The van der Waals surface area contributed by atoms with Crippen LogP contribution in [0.3, 0.4) is 0 Å². The number of carbonyl (C=O) groups excluding carboxylic acids is 1. The van der Waals surface area contributed by atoms with Gasteiger partial charge in [0, 0.05) is 19.2 Å². The summed E-state index contributed by atoms with van der Waals surface area (Å²) in [5, 5.41) is 16.6. The fourth-order valence-electron chi connectivity index (χ4n) is 1.62. The van der Waals surface area contributed by atoms with Gasteiger partial charge >= 0.3 is 0 Å². The minimum Gasteiger partial charge on any atom is -0.378 e. The van der Waals surface area contributed by atoms with E-state index in [9.17, 15) is 14.9 Å². The van der Waals surface area contributed by atoms with Crippen LogP contribution in [0.4, 0.5) is 11.4 Å². The number of nitrogens with one attached hydrogen (secondary N) is 2. The lowest BCUT2D eigenvalue weighted by molar-refractivity contribution is -0.384. The fraction of sp³-hybridized carbons (Fsp3) is 0.167. The van der Waals surface area contributed by atoms with Crippen molar-refractivity contribution in [1.29, 1.82) is 0 Å². The summed E-state index contributed by atoms with van der Waals surface area (Å²) in [7, 11) is 0. The predicted molar refractivity (Wildman–Crippen MR) is 81.0 cm³/mol. The van der Waals surface area contributed by atoms with Crippen LogP contribution in [0.15, 0.2) is 29.8 Å². The van der Waals surface area contributed by atoms with Gasteiger partial charge in [0.2, 0.25) is 0 Å². The molecule has 2 rings (SSSR count). The number of benzene rings is 1. The van der Waals surface area contributed by atoms with E-state index >= 15 is 0 Å². The summed E-state index contributed by atoms with van der Waals surface area (Å²) in [4.78, 5) is 26.2. The Morgan fingerprint density at radius 1 is 1.38 bits per heavy atom. The van der Waals surface area contributed by atoms with Gasteiger partial charge in [-0.3, -0.25) is 14.9 Å². The first-order chi connectivity index (χ1) is 10.1. The molecule has 0 spiro atoms. The molecule has 0 bridgehead atoms. The molecule has 1 amide bonds. The number of nitro benzene ring substituents is 1. The average Bonchev–Trinajstić information content (AvgIpc) is 2.90. The van der Waals surface area contributed by atoms with Crippen LogP contribution in [0.5, 0.6) is 0 Å². The third kappa shape index (κ3) is 3.89. The van der Waals surface area contributed by atoms with Crippen molar-refractivity contribution in [2.75, 3.05) is 18.4 Å². The van der Waals surface area contributed by atoms with Crippen molar-refractivity contribution in [2.24, 2.45) is 0 Å². The first-order valence-corrected chi connectivity index (χ1v) is 7.20. The van der Waals surface area contributed by atoms with Crippen LogP contribution in [-0.2, 0) is 0 Å². The summed E-state index contributed by atoms with van der Waals surface area (Å²) in [6, 6.07) is 6.32. The summed E-state index contributed by atoms with van der Waals surface area (Å²) in [6.45, 7) is 0.659. The summed E-state index contributed by atoms with van der Waals surface area (Å²) in [5.41, 5.74) is 1.89. The monoisotopic (exact) mass is 326 g/mol. The van der Waals surface area contributed by atoms with Crippen molar-refractivity contribution < 1.29 is 9.72 Å². The Morgan fingerprint density at radius 2 is 2.14 bits per heavy atom. The number of thiazole rings is 1. The highest BCUT2D eigenvalue weighted by Crippen LogP contribution is 2.22. The van der Waals surface area contributed by atoms with E-state index in [2.05, 4.69) is 15.6 Å². The van der Waals surface area contributed by atoms with Gasteiger partial charge in [0.15, 0.2) is 5.15 Å². The van der Waals surface area contributed by atoms with Gasteiger partial charge in [-0.05, 0) is 6.07 Å². The van der Waals surface area contributed by atoms with E-state index in [1.165, 1.54) is 11.6 Å². The maximum absolute atomic E-state index is 11.8. The first kappa shape index (κ1) is 15.2. The molecule has 0 radical (unpaired) electrons. The number of nitrogens with zero attached hydrogens (tertiary/aromatic N) is 2. The lowest BCUT2D eigenvalue weighted by Crippen LogP contribution is -2.28. The van der Waals surface area contributed by atoms with Gasteiger partial charge in [-0.1, -0.05) is 23.7 Å². The van der Waals surface area contributed by atoms with E-state index in [0.717, 1.165) is 11.3 Å². The topological polar surface area (TPSA) is 97.2 Å². The number of carbonyl (C=O) groups is 1. The third-order valence-electron chi connectivity index (χ3n) is 2.56. The molecule has 0 fully saturated rings. The zero-order valence-electron chi connectivity index (χ0n) is 10.7. The number of hydrogen-bond acceptors (Lipinski definition) is 6.